The zero-order valence-electron chi connectivity index (χ0n) is 14.7. The molecule has 3 aromatic rings. The fourth-order valence-electron chi connectivity index (χ4n) is 2.95. The number of allylic oxidation sites excluding steroid dienone is 2. The highest BCUT2D eigenvalue weighted by molar-refractivity contribution is 6.30. The van der Waals surface area contributed by atoms with Crippen LogP contribution in [0.2, 0.25) is 5.02 Å². The molecule has 1 aromatic heterocycles. The summed E-state index contributed by atoms with van der Waals surface area (Å²) in [5.74, 6) is 1.66. The zero-order valence-corrected chi connectivity index (χ0v) is 15.5. The van der Waals surface area contributed by atoms with E-state index in [0.29, 0.717) is 5.02 Å². The van der Waals surface area contributed by atoms with Gasteiger partial charge in [0.1, 0.15) is 18.6 Å². The third-order valence-electron chi connectivity index (χ3n) is 4.42. The Hall–Kier alpha value is -2.84. The molecule has 0 aliphatic carbocycles. The van der Waals surface area contributed by atoms with Crippen molar-refractivity contribution in [3.8, 4) is 5.75 Å². The minimum Gasteiger partial charge on any atom is -0.456 e. The molecule has 26 heavy (non-hydrogen) atoms. The second-order valence-electron chi connectivity index (χ2n) is 6.51. The van der Waals surface area contributed by atoms with Gasteiger partial charge in [0.25, 0.3) is 0 Å². The number of aromatic nitrogens is 1. The van der Waals surface area contributed by atoms with Crippen molar-refractivity contribution in [3.05, 3.63) is 100 Å². The Kier molecular flexibility index (Phi) is 4.36. The lowest BCUT2D eigenvalue weighted by Gasteiger charge is -2.21. The highest BCUT2D eigenvalue weighted by Gasteiger charge is 2.18. The van der Waals surface area contributed by atoms with Crippen molar-refractivity contribution in [3.63, 3.8) is 0 Å². The van der Waals surface area contributed by atoms with E-state index in [2.05, 4.69) is 55.5 Å². The summed E-state index contributed by atoms with van der Waals surface area (Å²) in [6.07, 6.45) is 8.31. The van der Waals surface area contributed by atoms with E-state index in [4.69, 9.17) is 16.3 Å². The van der Waals surface area contributed by atoms with Crippen LogP contribution < -0.4 is 9.30 Å². The number of pyridine rings is 1. The van der Waals surface area contributed by atoms with E-state index in [9.17, 15) is 0 Å². The molecule has 0 amide bonds. The van der Waals surface area contributed by atoms with E-state index >= 15 is 0 Å². The van der Waals surface area contributed by atoms with Crippen LogP contribution in [0.4, 0.5) is 0 Å². The molecule has 0 fully saturated rings. The number of hydrogen-bond acceptors (Lipinski definition) is 1. The molecule has 0 saturated heterocycles. The second-order valence-corrected chi connectivity index (χ2v) is 6.95. The number of hydrogen-bond donors (Lipinski definition) is 0. The molecule has 2 aromatic carbocycles. The molecular formula is C23H19ClNO+. The third-order valence-corrected chi connectivity index (χ3v) is 4.66. The van der Waals surface area contributed by atoms with E-state index in [1.807, 2.05) is 42.2 Å². The number of ether oxygens (including phenoxy) is 1. The quantitative estimate of drug-likeness (QED) is 0.554. The number of fused-ring (bicyclic) bond motifs is 1. The van der Waals surface area contributed by atoms with Gasteiger partial charge in [-0.3, -0.25) is 0 Å². The molecule has 128 valence electrons. The predicted octanol–water partition coefficient (Wildman–Crippen LogP) is 5.45. The molecule has 1 aliphatic heterocycles. The van der Waals surface area contributed by atoms with E-state index < -0.39 is 0 Å². The molecule has 0 N–H and O–H groups in total. The van der Waals surface area contributed by atoms with Crippen molar-refractivity contribution in [2.75, 3.05) is 0 Å². The molecule has 1 aliphatic rings. The summed E-state index contributed by atoms with van der Waals surface area (Å²) >= 11 is 6.23. The van der Waals surface area contributed by atoms with Gasteiger partial charge < -0.3 is 4.74 Å². The van der Waals surface area contributed by atoms with E-state index in [1.54, 1.807) is 0 Å². The molecule has 0 saturated carbocycles. The first-order valence-corrected chi connectivity index (χ1v) is 8.90. The molecule has 0 unspecified atom stereocenters. The molecule has 4 rings (SSSR count). The Balaban J connectivity index is 1.84. The SMILES string of the molecule is Cc1ccc(C2=CC(=Cc3cc[n+](C)cc3)c3cc(Cl)ccc3O2)cc1. The minimum absolute atomic E-state index is 0.699. The Morgan fingerprint density at radius 2 is 1.69 bits per heavy atom. The first-order chi connectivity index (χ1) is 12.6. The zero-order chi connectivity index (χ0) is 18.1. The molecular weight excluding hydrogens is 342 g/mol. The Labute approximate surface area is 158 Å². The Morgan fingerprint density at radius 3 is 2.42 bits per heavy atom. The normalized spacial score (nSPS) is 14.6. The van der Waals surface area contributed by atoms with Gasteiger partial charge in [0.15, 0.2) is 12.4 Å². The van der Waals surface area contributed by atoms with Crippen LogP contribution in [0.25, 0.3) is 17.4 Å². The maximum Gasteiger partial charge on any atom is 0.169 e. The maximum absolute atomic E-state index is 6.23. The third kappa shape index (κ3) is 3.42. The molecule has 0 bridgehead atoms. The van der Waals surface area contributed by atoms with Crippen LogP contribution in [0.5, 0.6) is 5.75 Å². The van der Waals surface area contributed by atoms with Gasteiger partial charge in [-0.05, 0) is 48.4 Å². The smallest absolute Gasteiger partial charge is 0.169 e. The van der Waals surface area contributed by atoms with Gasteiger partial charge in [0.05, 0.1) is 0 Å². The topological polar surface area (TPSA) is 13.1 Å². The molecule has 0 radical (unpaired) electrons. The van der Waals surface area contributed by atoms with Gasteiger partial charge in [-0.25, -0.2) is 4.57 Å². The first kappa shape index (κ1) is 16.6. The highest BCUT2D eigenvalue weighted by atomic mass is 35.5. The maximum atomic E-state index is 6.23. The van der Waals surface area contributed by atoms with Crippen LogP contribution >= 0.6 is 11.6 Å². The van der Waals surface area contributed by atoms with Crippen LogP contribution in [0, 0.1) is 6.92 Å². The van der Waals surface area contributed by atoms with Gasteiger partial charge in [-0.15, -0.1) is 0 Å². The van der Waals surface area contributed by atoms with Gasteiger partial charge >= 0.3 is 0 Å². The van der Waals surface area contributed by atoms with Crippen LogP contribution in [0.15, 0.2) is 73.1 Å². The van der Waals surface area contributed by atoms with E-state index in [1.165, 1.54) is 5.56 Å². The minimum atomic E-state index is 0.699. The summed E-state index contributed by atoms with van der Waals surface area (Å²) in [6.45, 7) is 2.08. The molecule has 0 atom stereocenters. The summed E-state index contributed by atoms with van der Waals surface area (Å²) < 4.78 is 8.18. The van der Waals surface area contributed by atoms with Gasteiger partial charge in [-0.2, -0.15) is 0 Å². The van der Waals surface area contributed by atoms with Crippen molar-refractivity contribution < 1.29 is 9.30 Å². The van der Waals surface area contributed by atoms with Crippen molar-refractivity contribution in [2.45, 2.75) is 6.92 Å². The molecule has 3 heteroatoms. The van der Waals surface area contributed by atoms with Crippen LogP contribution in [0.3, 0.4) is 0 Å². The van der Waals surface area contributed by atoms with E-state index in [-0.39, 0.29) is 0 Å². The Morgan fingerprint density at radius 1 is 0.962 bits per heavy atom. The van der Waals surface area contributed by atoms with Crippen LogP contribution in [-0.2, 0) is 7.05 Å². The standard InChI is InChI=1S/C23H19ClNO/c1-16-3-5-18(6-4-16)23-14-19(13-17-9-11-25(2)12-10-17)21-15-20(24)7-8-22(21)26-23/h3-15H,1-2H3/q+1. The number of halogens is 1. The van der Waals surface area contributed by atoms with Crippen molar-refractivity contribution >= 4 is 29.0 Å². The lowest BCUT2D eigenvalue weighted by Crippen LogP contribution is -2.25. The van der Waals surface area contributed by atoms with Gasteiger partial charge in [0, 0.05) is 28.3 Å². The van der Waals surface area contributed by atoms with Crippen LogP contribution in [-0.4, -0.2) is 0 Å². The molecule has 2 nitrogen and oxygen atoms in total. The summed E-state index contributed by atoms with van der Waals surface area (Å²) in [4.78, 5) is 0. The predicted molar refractivity (Wildman–Crippen MR) is 107 cm³/mol. The van der Waals surface area contributed by atoms with Crippen molar-refractivity contribution in [1.29, 1.82) is 0 Å². The highest BCUT2D eigenvalue weighted by Crippen LogP contribution is 2.39. The fraction of sp³-hybridized carbons (Fsp3) is 0.0870. The summed E-state index contributed by atoms with van der Waals surface area (Å²) in [5, 5.41) is 0.699. The number of aryl methyl sites for hydroxylation is 2. The lowest BCUT2D eigenvalue weighted by molar-refractivity contribution is -0.671. The second kappa shape index (κ2) is 6.81. The number of rotatable bonds is 2. The van der Waals surface area contributed by atoms with Crippen molar-refractivity contribution in [2.24, 2.45) is 7.05 Å². The average Bonchev–Trinajstić information content (AvgIpc) is 2.64. The van der Waals surface area contributed by atoms with Gasteiger partial charge in [-0.1, -0.05) is 41.4 Å². The first-order valence-electron chi connectivity index (χ1n) is 8.52. The largest absolute Gasteiger partial charge is 0.456 e. The molecule has 2 heterocycles. The monoisotopic (exact) mass is 360 g/mol. The summed E-state index contributed by atoms with van der Waals surface area (Å²) in [5.41, 5.74) is 5.50. The van der Waals surface area contributed by atoms with E-state index in [0.717, 1.165) is 33.8 Å². The number of benzene rings is 2. The summed E-state index contributed by atoms with van der Waals surface area (Å²) in [6, 6.07) is 18.3. The fourth-order valence-corrected chi connectivity index (χ4v) is 3.12. The summed E-state index contributed by atoms with van der Waals surface area (Å²) in [7, 11) is 2.01. The van der Waals surface area contributed by atoms with Crippen LogP contribution in [0.1, 0.15) is 22.3 Å². The molecule has 0 spiro atoms. The average molecular weight is 361 g/mol. The number of nitrogens with zero attached hydrogens (tertiary/aromatic N) is 1. The van der Waals surface area contributed by atoms with Crippen molar-refractivity contribution in [1.82, 2.24) is 0 Å². The lowest BCUT2D eigenvalue weighted by atomic mass is 9.97. The Bertz CT molecular complexity index is 1020. The van der Waals surface area contributed by atoms with Gasteiger partial charge in [0.2, 0.25) is 0 Å².